The Hall–Kier alpha value is -1.53. The summed E-state index contributed by atoms with van der Waals surface area (Å²) in [6.45, 7) is 1.57. The molecule has 0 aliphatic rings. The van der Waals surface area contributed by atoms with Gasteiger partial charge in [0.15, 0.2) is 0 Å². The van der Waals surface area contributed by atoms with Gasteiger partial charge in [-0.3, -0.25) is 4.72 Å². The number of benzene rings is 2. The molecule has 0 atom stereocenters. The number of nitrogens with one attached hydrogen (secondary N) is 1. The summed E-state index contributed by atoms with van der Waals surface area (Å²) in [5.74, 6) is -0.453. The average Bonchev–Trinajstić information content (AvgIpc) is 2.37. The summed E-state index contributed by atoms with van der Waals surface area (Å²) in [7, 11) is -3.71. The van der Waals surface area contributed by atoms with E-state index in [1.54, 1.807) is 25.1 Å². The monoisotopic (exact) mass is 311 g/mol. The summed E-state index contributed by atoms with van der Waals surface area (Å²) in [6.07, 6.45) is 1.91. The highest BCUT2D eigenvalue weighted by Crippen LogP contribution is 2.23. The molecule has 106 valence electrons. The third-order valence-corrected chi connectivity index (χ3v) is 5.02. The molecule has 2 rings (SSSR count). The van der Waals surface area contributed by atoms with Crippen LogP contribution in [-0.4, -0.2) is 14.7 Å². The molecule has 0 aromatic heterocycles. The Labute approximate surface area is 122 Å². The van der Waals surface area contributed by atoms with Crippen molar-refractivity contribution in [2.45, 2.75) is 16.7 Å². The molecule has 0 fully saturated rings. The van der Waals surface area contributed by atoms with Gasteiger partial charge in [-0.05, 0) is 55.1 Å². The molecule has 1 N–H and O–H groups in total. The zero-order valence-corrected chi connectivity index (χ0v) is 12.7. The molecule has 0 aliphatic heterocycles. The lowest BCUT2D eigenvalue weighted by atomic mass is 10.2. The second-order valence-electron chi connectivity index (χ2n) is 4.25. The van der Waals surface area contributed by atoms with Crippen LogP contribution in [0.1, 0.15) is 5.56 Å². The van der Waals surface area contributed by atoms with E-state index in [1.165, 1.54) is 23.9 Å². The number of halogens is 1. The van der Waals surface area contributed by atoms with Crippen LogP contribution in [0.25, 0.3) is 0 Å². The van der Waals surface area contributed by atoms with E-state index in [2.05, 4.69) is 4.72 Å². The molecule has 0 heterocycles. The van der Waals surface area contributed by atoms with Crippen molar-refractivity contribution in [3.05, 3.63) is 53.8 Å². The molecule has 0 aliphatic carbocycles. The molecular formula is C14H14FNO2S2. The second kappa shape index (κ2) is 5.85. The van der Waals surface area contributed by atoms with Gasteiger partial charge in [0.05, 0.1) is 4.90 Å². The maximum absolute atomic E-state index is 13.0. The summed E-state index contributed by atoms with van der Waals surface area (Å²) in [4.78, 5) is 1.04. The Morgan fingerprint density at radius 2 is 1.90 bits per heavy atom. The molecule has 0 radical (unpaired) electrons. The van der Waals surface area contributed by atoms with Crippen LogP contribution < -0.4 is 4.72 Å². The second-order valence-corrected chi connectivity index (χ2v) is 6.78. The van der Waals surface area contributed by atoms with Crippen molar-refractivity contribution in [3.63, 3.8) is 0 Å². The molecule has 0 saturated carbocycles. The maximum atomic E-state index is 13.0. The number of rotatable bonds is 4. The van der Waals surface area contributed by atoms with E-state index in [0.29, 0.717) is 11.3 Å². The van der Waals surface area contributed by atoms with Crippen LogP contribution >= 0.6 is 11.8 Å². The Balaban J connectivity index is 2.35. The predicted octanol–water partition coefficient (Wildman–Crippen LogP) is 3.66. The van der Waals surface area contributed by atoms with E-state index in [4.69, 9.17) is 0 Å². The molecule has 3 nitrogen and oxygen atoms in total. The van der Waals surface area contributed by atoms with Crippen LogP contribution in [0.5, 0.6) is 0 Å². The van der Waals surface area contributed by atoms with Gasteiger partial charge in [0.1, 0.15) is 5.82 Å². The van der Waals surface area contributed by atoms with Crippen LogP contribution in [0, 0.1) is 12.7 Å². The lowest BCUT2D eigenvalue weighted by molar-refractivity contribution is 0.598. The van der Waals surface area contributed by atoms with Crippen molar-refractivity contribution >= 4 is 27.5 Å². The summed E-state index contributed by atoms with van der Waals surface area (Å²) < 4.78 is 40.1. The first-order chi connectivity index (χ1) is 9.42. The minimum Gasteiger partial charge on any atom is -0.280 e. The van der Waals surface area contributed by atoms with Gasteiger partial charge in [0, 0.05) is 10.6 Å². The van der Waals surface area contributed by atoms with Crippen molar-refractivity contribution in [3.8, 4) is 0 Å². The number of aryl methyl sites for hydroxylation is 1. The first-order valence-electron chi connectivity index (χ1n) is 5.85. The molecule has 2 aromatic rings. The SMILES string of the molecule is CSc1cccc(NS(=O)(=O)c2ccc(F)cc2C)c1. The maximum Gasteiger partial charge on any atom is 0.262 e. The molecule has 0 amide bonds. The summed E-state index contributed by atoms with van der Waals surface area (Å²) in [5.41, 5.74) is 0.860. The van der Waals surface area contributed by atoms with Gasteiger partial charge in [0.25, 0.3) is 10.0 Å². The normalized spacial score (nSPS) is 11.3. The lowest BCUT2D eigenvalue weighted by Gasteiger charge is -2.11. The van der Waals surface area contributed by atoms with Gasteiger partial charge in [-0.25, -0.2) is 12.8 Å². The van der Waals surface area contributed by atoms with Crippen LogP contribution in [-0.2, 0) is 10.0 Å². The molecular weight excluding hydrogens is 297 g/mol. The highest BCUT2D eigenvalue weighted by atomic mass is 32.2. The minimum absolute atomic E-state index is 0.0773. The summed E-state index contributed by atoms with van der Waals surface area (Å²) in [5, 5.41) is 0. The molecule has 0 bridgehead atoms. The predicted molar refractivity (Wildman–Crippen MR) is 80.2 cm³/mol. The molecule has 2 aromatic carbocycles. The number of sulfonamides is 1. The Morgan fingerprint density at radius 1 is 1.15 bits per heavy atom. The molecule has 0 unspecified atom stereocenters. The average molecular weight is 311 g/mol. The van der Waals surface area contributed by atoms with Crippen LogP contribution in [0.4, 0.5) is 10.1 Å². The third kappa shape index (κ3) is 3.32. The fourth-order valence-corrected chi connectivity index (χ4v) is 3.55. The zero-order valence-electron chi connectivity index (χ0n) is 11.1. The Bertz CT molecular complexity index is 730. The van der Waals surface area contributed by atoms with Gasteiger partial charge in [-0.1, -0.05) is 6.07 Å². The summed E-state index contributed by atoms with van der Waals surface area (Å²) in [6, 6.07) is 10.7. The van der Waals surface area contributed by atoms with Crippen molar-refractivity contribution in [2.75, 3.05) is 11.0 Å². The van der Waals surface area contributed by atoms with Crippen molar-refractivity contribution < 1.29 is 12.8 Å². The Kier molecular flexibility index (Phi) is 4.35. The molecule has 6 heteroatoms. The van der Waals surface area contributed by atoms with Gasteiger partial charge < -0.3 is 0 Å². The first kappa shape index (κ1) is 14.9. The highest BCUT2D eigenvalue weighted by molar-refractivity contribution is 7.98. The van der Waals surface area contributed by atoms with Crippen LogP contribution in [0.3, 0.4) is 0 Å². The van der Waals surface area contributed by atoms with Crippen molar-refractivity contribution in [1.82, 2.24) is 0 Å². The van der Waals surface area contributed by atoms with Gasteiger partial charge in [0.2, 0.25) is 0 Å². The van der Waals surface area contributed by atoms with E-state index < -0.39 is 15.8 Å². The van der Waals surface area contributed by atoms with Gasteiger partial charge in [-0.2, -0.15) is 0 Å². The number of anilines is 1. The fourth-order valence-electron chi connectivity index (χ4n) is 1.81. The van der Waals surface area contributed by atoms with Crippen LogP contribution in [0.15, 0.2) is 52.3 Å². The topological polar surface area (TPSA) is 46.2 Å². The smallest absolute Gasteiger partial charge is 0.262 e. The lowest BCUT2D eigenvalue weighted by Crippen LogP contribution is -2.14. The molecule has 20 heavy (non-hydrogen) atoms. The number of hydrogen-bond acceptors (Lipinski definition) is 3. The summed E-state index contributed by atoms with van der Waals surface area (Å²) >= 11 is 1.53. The molecule has 0 spiro atoms. The fraction of sp³-hybridized carbons (Fsp3) is 0.143. The highest BCUT2D eigenvalue weighted by Gasteiger charge is 2.17. The van der Waals surface area contributed by atoms with Crippen molar-refractivity contribution in [1.29, 1.82) is 0 Å². The first-order valence-corrected chi connectivity index (χ1v) is 8.56. The number of hydrogen-bond donors (Lipinski definition) is 1. The standard InChI is InChI=1S/C14H14FNO2S2/c1-10-8-11(15)6-7-14(10)20(17,18)16-12-4-3-5-13(9-12)19-2/h3-9,16H,1-2H3. The van der Waals surface area contributed by atoms with E-state index >= 15 is 0 Å². The third-order valence-electron chi connectivity index (χ3n) is 2.75. The van der Waals surface area contributed by atoms with Gasteiger partial charge >= 0.3 is 0 Å². The zero-order chi connectivity index (χ0) is 14.8. The van der Waals surface area contributed by atoms with E-state index in [0.717, 1.165) is 11.0 Å². The van der Waals surface area contributed by atoms with Crippen molar-refractivity contribution in [2.24, 2.45) is 0 Å². The van der Waals surface area contributed by atoms with E-state index in [-0.39, 0.29) is 4.90 Å². The number of thioether (sulfide) groups is 1. The quantitative estimate of drug-likeness (QED) is 0.877. The largest absolute Gasteiger partial charge is 0.280 e. The Morgan fingerprint density at radius 3 is 2.55 bits per heavy atom. The van der Waals surface area contributed by atoms with Gasteiger partial charge in [-0.15, -0.1) is 11.8 Å². The van der Waals surface area contributed by atoms with Crippen LogP contribution in [0.2, 0.25) is 0 Å². The molecule has 0 saturated heterocycles. The van der Waals surface area contributed by atoms with E-state index in [1.807, 2.05) is 12.3 Å². The minimum atomic E-state index is -3.71. The van der Waals surface area contributed by atoms with E-state index in [9.17, 15) is 12.8 Å².